The summed E-state index contributed by atoms with van der Waals surface area (Å²) in [7, 11) is 0. The smallest absolute Gasteiger partial charge is 0.317 e. The van der Waals surface area contributed by atoms with Crippen LogP contribution in [0.15, 0.2) is 18.7 Å². The molecule has 1 aromatic heterocycles. The van der Waals surface area contributed by atoms with Crippen molar-refractivity contribution >= 4 is 11.9 Å². The Labute approximate surface area is 124 Å². The van der Waals surface area contributed by atoms with Crippen molar-refractivity contribution in [1.29, 1.82) is 0 Å². The summed E-state index contributed by atoms with van der Waals surface area (Å²) >= 11 is 0. The lowest BCUT2D eigenvalue weighted by molar-refractivity contribution is -0.119. The summed E-state index contributed by atoms with van der Waals surface area (Å²) in [6.07, 6.45) is 7.43. The molecule has 7 heteroatoms. The third-order valence-electron chi connectivity index (χ3n) is 3.81. The number of nitrogens with two attached hydrogens (primary N) is 1. The minimum Gasteiger partial charge on any atom is -0.370 e. The summed E-state index contributed by atoms with van der Waals surface area (Å²) in [4.78, 5) is 28.9. The Bertz CT molecular complexity index is 466. The minimum atomic E-state index is -0.258. The molecule has 1 aliphatic heterocycles. The van der Waals surface area contributed by atoms with E-state index in [2.05, 4.69) is 10.3 Å². The monoisotopic (exact) mass is 293 g/mol. The van der Waals surface area contributed by atoms with Crippen LogP contribution < -0.4 is 11.1 Å². The third-order valence-corrected chi connectivity index (χ3v) is 3.81. The molecule has 3 amide bonds. The molecule has 116 valence electrons. The normalized spacial score (nSPS) is 17.5. The number of piperidine rings is 1. The van der Waals surface area contributed by atoms with Gasteiger partial charge >= 0.3 is 6.03 Å². The second-order valence-electron chi connectivity index (χ2n) is 5.71. The predicted molar refractivity (Wildman–Crippen MR) is 78.3 cm³/mol. The maximum absolute atomic E-state index is 12.2. The van der Waals surface area contributed by atoms with Crippen molar-refractivity contribution < 1.29 is 9.59 Å². The average molecular weight is 293 g/mol. The molecule has 0 radical (unpaired) electrons. The van der Waals surface area contributed by atoms with Crippen LogP contribution in [-0.4, -0.2) is 45.5 Å². The van der Waals surface area contributed by atoms with Crippen LogP contribution in [0, 0.1) is 5.92 Å². The number of urea groups is 1. The van der Waals surface area contributed by atoms with Gasteiger partial charge in [-0.25, -0.2) is 9.78 Å². The van der Waals surface area contributed by atoms with Crippen molar-refractivity contribution in [1.82, 2.24) is 19.8 Å². The fourth-order valence-corrected chi connectivity index (χ4v) is 2.68. The highest BCUT2D eigenvalue weighted by atomic mass is 16.2. The first-order valence-electron chi connectivity index (χ1n) is 7.34. The summed E-state index contributed by atoms with van der Waals surface area (Å²) in [6.45, 7) is 4.03. The lowest BCUT2D eigenvalue weighted by Gasteiger charge is -2.32. The van der Waals surface area contributed by atoms with Gasteiger partial charge in [0.1, 0.15) is 0 Å². The summed E-state index contributed by atoms with van der Waals surface area (Å²) < 4.78 is 1.93. The molecule has 0 aromatic carbocycles. The molecule has 21 heavy (non-hydrogen) atoms. The summed E-state index contributed by atoms with van der Waals surface area (Å²) in [5.74, 6) is 0.0572. The van der Waals surface area contributed by atoms with Crippen LogP contribution in [0.3, 0.4) is 0 Å². The quantitative estimate of drug-likeness (QED) is 0.831. The SMILES string of the molecule is C[C@@H](Cn1ccnc1)NC(=O)N1CCC(CC(N)=O)CC1. The summed E-state index contributed by atoms with van der Waals surface area (Å²) in [5.41, 5.74) is 5.21. The topological polar surface area (TPSA) is 93.2 Å². The molecule has 0 saturated carbocycles. The highest BCUT2D eigenvalue weighted by Gasteiger charge is 2.24. The largest absolute Gasteiger partial charge is 0.370 e. The Morgan fingerprint density at radius 1 is 1.43 bits per heavy atom. The highest BCUT2D eigenvalue weighted by Crippen LogP contribution is 2.20. The summed E-state index contributed by atoms with van der Waals surface area (Å²) in [5, 5.41) is 2.99. The molecule has 0 spiro atoms. The molecule has 1 atom stereocenters. The van der Waals surface area contributed by atoms with Gasteiger partial charge in [0.15, 0.2) is 0 Å². The molecule has 1 aliphatic rings. The number of amides is 3. The van der Waals surface area contributed by atoms with E-state index in [-0.39, 0.29) is 18.0 Å². The van der Waals surface area contributed by atoms with Crippen molar-refractivity contribution in [3.05, 3.63) is 18.7 Å². The number of hydrogen-bond acceptors (Lipinski definition) is 3. The van der Waals surface area contributed by atoms with Gasteiger partial charge in [0, 0.05) is 44.5 Å². The molecule has 2 rings (SSSR count). The average Bonchev–Trinajstić information content (AvgIpc) is 2.91. The number of rotatable bonds is 5. The van der Waals surface area contributed by atoms with E-state index < -0.39 is 0 Å². The lowest BCUT2D eigenvalue weighted by atomic mass is 9.93. The number of carbonyl (C=O) groups is 2. The number of hydrogen-bond donors (Lipinski definition) is 2. The van der Waals surface area contributed by atoms with Crippen LogP contribution in [0.4, 0.5) is 4.79 Å². The molecule has 3 N–H and O–H groups in total. The van der Waals surface area contributed by atoms with E-state index in [1.165, 1.54) is 0 Å². The van der Waals surface area contributed by atoms with Crippen LogP contribution in [0.25, 0.3) is 0 Å². The third kappa shape index (κ3) is 4.77. The van der Waals surface area contributed by atoms with Gasteiger partial charge in [-0.1, -0.05) is 0 Å². The van der Waals surface area contributed by atoms with Crippen molar-refractivity contribution in [3.8, 4) is 0 Å². The van der Waals surface area contributed by atoms with E-state index in [0.717, 1.165) is 12.8 Å². The minimum absolute atomic E-state index is 0.0371. The van der Waals surface area contributed by atoms with Gasteiger partial charge in [-0.05, 0) is 25.7 Å². The van der Waals surface area contributed by atoms with Crippen molar-refractivity contribution in [2.75, 3.05) is 13.1 Å². The fraction of sp³-hybridized carbons (Fsp3) is 0.643. The van der Waals surface area contributed by atoms with Gasteiger partial charge in [-0.2, -0.15) is 0 Å². The number of nitrogens with zero attached hydrogens (tertiary/aromatic N) is 3. The number of carbonyl (C=O) groups excluding carboxylic acids is 2. The Balaban J connectivity index is 1.73. The molecule has 1 aromatic rings. The standard InChI is InChI=1S/C14H23N5O2/c1-11(9-18-7-4-16-10-18)17-14(21)19-5-2-12(3-6-19)8-13(15)20/h4,7,10-12H,2-3,5-6,8-9H2,1H3,(H2,15,20)(H,17,21)/t11-/m0/s1. The van der Waals surface area contributed by atoms with E-state index in [4.69, 9.17) is 5.73 Å². The Hall–Kier alpha value is -2.05. The fourth-order valence-electron chi connectivity index (χ4n) is 2.68. The van der Waals surface area contributed by atoms with Crippen molar-refractivity contribution in [2.45, 2.75) is 38.8 Å². The maximum atomic E-state index is 12.2. The predicted octanol–water partition coefficient (Wildman–Crippen LogP) is 0.569. The maximum Gasteiger partial charge on any atom is 0.317 e. The number of aromatic nitrogens is 2. The second-order valence-corrected chi connectivity index (χ2v) is 5.71. The first kappa shape index (κ1) is 15.3. The van der Waals surface area contributed by atoms with Crippen LogP contribution in [0.1, 0.15) is 26.2 Å². The Kier molecular flexibility index (Phi) is 5.19. The zero-order valence-electron chi connectivity index (χ0n) is 12.4. The molecule has 1 fully saturated rings. The van der Waals surface area contributed by atoms with Crippen molar-refractivity contribution in [3.63, 3.8) is 0 Å². The van der Waals surface area contributed by atoms with E-state index >= 15 is 0 Å². The number of likely N-dealkylation sites (tertiary alicyclic amines) is 1. The van der Waals surface area contributed by atoms with E-state index in [0.29, 0.717) is 32.0 Å². The van der Waals surface area contributed by atoms with Crippen LogP contribution in [0.5, 0.6) is 0 Å². The van der Waals surface area contributed by atoms with Gasteiger partial charge in [-0.15, -0.1) is 0 Å². The molecular formula is C14H23N5O2. The van der Waals surface area contributed by atoms with Crippen molar-refractivity contribution in [2.24, 2.45) is 11.7 Å². The highest BCUT2D eigenvalue weighted by molar-refractivity contribution is 5.75. The number of imidazole rings is 1. The molecule has 0 aliphatic carbocycles. The van der Waals surface area contributed by atoms with Gasteiger partial charge < -0.3 is 20.5 Å². The molecule has 1 saturated heterocycles. The molecule has 2 heterocycles. The number of nitrogens with one attached hydrogen (secondary N) is 1. The van der Waals surface area contributed by atoms with E-state index in [1.54, 1.807) is 12.5 Å². The van der Waals surface area contributed by atoms with Gasteiger partial charge in [-0.3, -0.25) is 4.79 Å². The first-order valence-corrected chi connectivity index (χ1v) is 7.34. The molecular weight excluding hydrogens is 270 g/mol. The van der Waals surface area contributed by atoms with Crippen LogP contribution in [-0.2, 0) is 11.3 Å². The first-order chi connectivity index (χ1) is 10.0. The second kappa shape index (κ2) is 7.10. The zero-order valence-corrected chi connectivity index (χ0v) is 12.4. The molecule has 0 bridgehead atoms. The Morgan fingerprint density at radius 2 is 2.14 bits per heavy atom. The van der Waals surface area contributed by atoms with Gasteiger partial charge in [0.05, 0.1) is 6.33 Å². The molecule has 0 unspecified atom stereocenters. The van der Waals surface area contributed by atoms with Crippen LogP contribution in [0.2, 0.25) is 0 Å². The van der Waals surface area contributed by atoms with Gasteiger partial charge in [0.25, 0.3) is 0 Å². The van der Waals surface area contributed by atoms with E-state index in [9.17, 15) is 9.59 Å². The Morgan fingerprint density at radius 3 is 2.71 bits per heavy atom. The zero-order chi connectivity index (χ0) is 15.2. The van der Waals surface area contributed by atoms with E-state index in [1.807, 2.05) is 22.6 Å². The number of primary amides is 1. The van der Waals surface area contributed by atoms with Crippen LogP contribution >= 0.6 is 0 Å². The van der Waals surface area contributed by atoms with Gasteiger partial charge in [0.2, 0.25) is 5.91 Å². The summed E-state index contributed by atoms with van der Waals surface area (Å²) in [6, 6.07) is -0.00446. The lowest BCUT2D eigenvalue weighted by Crippen LogP contribution is -2.48. The molecule has 7 nitrogen and oxygen atoms in total.